The maximum absolute atomic E-state index is 14.4. The number of benzene rings is 8. The normalized spacial score (nSPS) is 16.5. The van der Waals surface area contributed by atoms with Crippen molar-refractivity contribution in [2.75, 3.05) is 0 Å². The summed E-state index contributed by atoms with van der Waals surface area (Å²) in [6, 6.07) is 46.6. The van der Waals surface area contributed by atoms with Crippen LogP contribution in [-0.2, 0) is 22.8 Å². The van der Waals surface area contributed by atoms with Gasteiger partial charge < -0.3 is 9.05 Å². The fourth-order valence-corrected chi connectivity index (χ4v) is 10.5. The molecule has 0 unspecified atom stereocenters. The molecule has 0 atom stereocenters. The fourth-order valence-electron chi connectivity index (χ4n) is 9.57. The second-order valence-corrected chi connectivity index (χ2v) is 15.4. The van der Waals surface area contributed by atoms with Crippen LogP contribution in [-0.4, -0.2) is 4.89 Å². The van der Waals surface area contributed by atoms with E-state index in [1.54, 1.807) is 0 Å². The largest absolute Gasteiger partial charge is 0.584 e. The molecule has 50 heavy (non-hydrogen) atoms. The summed E-state index contributed by atoms with van der Waals surface area (Å²) < 4.78 is 27.1. The minimum atomic E-state index is -4.66. The van der Waals surface area contributed by atoms with Crippen molar-refractivity contribution in [1.82, 2.24) is 0 Å². The van der Waals surface area contributed by atoms with Crippen LogP contribution in [0, 0.1) is 0 Å². The number of fused-ring (bicyclic) bond motifs is 6. The minimum absolute atomic E-state index is 0.393. The molecule has 0 radical (unpaired) electrons. The predicted molar refractivity (Wildman–Crippen MR) is 202 cm³/mol. The van der Waals surface area contributed by atoms with Gasteiger partial charge >= 0.3 is 7.82 Å². The van der Waals surface area contributed by atoms with E-state index in [-0.39, 0.29) is 0 Å². The molecule has 1 spiro atoms. The Labute approximate surface area is 289 Å². The van der Waals surface area contributed by atoms with Crippen LogP contribution in [0.25, 0.3) is 65.3 Å². The summed E-state index contributed by atoms with van der Waals surface area (Å²) in [6.45, 7) is 0. The van der Waals surface area contributed by atoms with Crippen LogP contribution < -0.4 is 9.05 Å². The molecule has 8 aromatic carbocycles. The smallest absolute Gasteiger partial charge is 0.394 e. The number of rotatable bonds is 2. The Morgan fingerprint density at radius 1 is 0.460 bits per heavy atom. The third kappa shape index (κ3) is 3.84. The monoisotopic (exact) mass is 666 g/mol. The molecule has 1 N–H and O–H groups in total. The zero-order valence-electron chi connectivity index (χ0n) is 27.1. The van der Waals surface area contributed by atoms with Crippen molar-refractivity contribution < 1.29 is 18.5 Å². The molecule has 240 valence electrons. The number of aryl methyl sites for hydroxylation is 2. The third-order valence-corrected chi connectivity index (χ3v) is 12.5. The summed E-state index contributed by atoms with van der Waals surface area (Å²) in [5.41, 5.74) is 7.64. The Kier molecular flexibility index (Phi) is 5.73. The first-order chi connectivity index (χ1) is 24.5. The van der Waals surface area contributed by atoms with Crippen molar-refractivity contribution in [1.29, 1.82) is 0 Å². The van der Waals surface area contributed by atoms with Gasteiger partial charge in [-0.15, -0.1) is 0 Å². The second kappa shape index (κ2) is 10.1. The van der Waals surface area contributed by atoms with Gasteiger partial charge in [0.05, 0.1) is 0 Å². The standard InChI is InChI=1S/C45H31O4P/c46-50(47)48-43-39(35-13-5-11-33-31-9-3-1-7-27(31)15-19-37(33)35)21-17-29-23-25-45(41(29)43)26-24-30-18-22-40(44(49-50)42(30)45)36-14-6-12-34-32-10-4-2-8-28(32)16-20-38(34)36/h1-22H,23-26H2,(H,46,47). The van der Waals surface area contributed by atoms with E-state index in [2.05, 4.69) is 133 Å². The zero-order valence-corrected chi connectivity index (χ0v) is 28.0. The van der Waals surface area contributed by atoms with E-state index < -0.39 is 13.2 Å². The fraction of sp³-hybridized carbons (Fsp3) is 0.111. The Morgan fingerprint density at radius 3 is 1.42 bits per heavy atom. The SMILES string of the molecule is O=P1(O)Oc2c(-c3cccc4c3ccc3ccccc34)ccc3c2C2(CC3)CCc3ccc(-c4cccc5c4ccc4ccccc45)c(c32)O1. The maximum atomic E-state index is 14.4. The lowest BCUT2D eigenvalue weighted by Crippen LogP contribution is -2.25. The molecule has 0 bridgehead atoms. The number of hydrogen-bond acceptors (Lipinski definition) is 3. The van der Waals surface area contributed by atoms with Crippen LogP contribution >= 0.6 is 7.82 Å². The molecular formula is C45H31O4P. The molecule has 0 saturated heterocycles. The second-order valence-electron chi connectivity index (χ2n) is 14.1. The number of phosphoric acid groups is 1. The van der Waals surface area contributed by atoms with Gasteiger partial charge in [-0.25, -0.2) is 4.57 Å². The van der Waals surface area contributed by atoms with Crippen molar-refractivity contribution in [3.05, 3.63) is 156 Å². The maximum Gasteiger partial charge on any atom is 0.584 e. The van der Waals surface area contributed by atoms with Crippen molar-refractivity contribution in [2.24, 2.45) is 0 Å². The summed E-state index contributed by atoms with van der Waals surface area (Å²) in [5.74, 6) is 0.957. The van der Waals surface area contributed by atoms with E-state index >= 15 is 0 Å². The van der Waals surface area contributed by atoms with Crippen LogP contribution in [0.2, 0.25) is 0 Å². The van der Waals surface area contributed by atoms with Crippen molar-refractivity contribution in [3.8, 4) is 33.8 Å². The first-order valence-corrected chi connectivity index (χ1v) is 18.9. The Balaban J connectivity index is 1.18. The quantitative estimate of drug-likeness (QED) is 0.147. The summed E-state index contributed by atoms with van der Waals surface area (Å²) in [5, 5.41) is 9.12. The van der Waals surface area contributed by atoms with E-state index in [1.165, 1.54) is 32.7 Å². The van der Waals surface area contributed by atoms with Gasteiger partial charge in [-0.1, -0.05) is 133 Å². The molecule has 1 aliphatic heterocycles. The van der Waals surface area contributed by atoms with Crippen LogP contribution in [0.1, 0.15) is 35.1 Å². The molecule has 8 aromatic rings. The summed E-state index contributed by atoms with van der Waals surface area (Å²) in [4.78, 5) is 11.7. The zero-order chi connectivity index (χ0) is 33.2. The van der Waals surface area contributed by atoms with E-state index in [4.69, 9.17) is 9.05 Å². The lowest BCUT2D eigenvalue weighted by molar-refractivity contribution is 0.281. The van der Waals surface area contributed by atoms with Gasteiger partial charge in [0.2, 0.25) is 0 Å². The number of hydrogen-bond donors (Lipinski definition) is 1. The average molecular weight is 667 g/mol. The third-order valence-electron chi connectivity index (χ3n) is 11.7. The van der Waals surface area contributed by atoms with E-state index in [9.17, 15) is 9.46 Å². The minimum Gasteiger partial charge on any atom is -0.394 e. The van der Waals surface area contributed by atoms with Gasteiger partial charge in [0.1, 0.15) is 11.5 Å². The molecule has 0 saturated carbocycles. The Bertz CT molecular complexity index is 2640. The molecule has 0 aromatic heterocycles. The highest BCUT2D eigenvalue weighted by atomic mass is 31.2. The van der Waals surface area contributed by atoms with Crippen molar-refractivity contribution in [2.45, 2.75) is 31.1 Å². The van der Waals surface area contributed by atoms with Gasteiger partial charge in [0.15, 0.2) is 0 Å². The van der Waals surface area contributed by atoms with Gasteiger partial charge in [0, 0.05) is 27.7 Å². The van der Waals surface area contributed by atoms with Crippen molar-refractivity contribution >= 4 is 50.9 Å². The van der Waals surface area contributed by atoms with Gasteiger partial charge in [0.25, 0.3) is 0 Å². The lowest BCUT2D eigenvalue weighted by Gasteiger charge is -2.34. The molecule has 3 aliphatic rings. The highest BCUT2D eigenvalue weighted by molar-refractivity contribution is 7.48. The average Bonchev–Trinajstić information content (AvgIpc) is 3.71. The molecule has 11 rings (SSSR count). The van der Waals surface area contributed by atoms with Crippen LogP contribution in [0.15, 0.2) is 133 Å². The van der Waals surface area contributed by atoms with Crippen LogP contribution in [0.5, 0.6) is 11.5 Å². The molecule has 4 nitrogen and oxygen atoms in total. The molecule has 2 aliphatic carbocycles. The summed E-state index contributed by atoms with van der Waals surface area (Å²) in [7, 11) is -4.66. The molecule has 5 heteroatoms. The first kappa shape index (κ1) is 28.4. The highest BCUT2D eigenvalue weighted by Crippen LogP contribution is 2.65. The van der Waals surface area contributed by atoms with E-state index in [0.717, 1.165) is 80.6 Å². The lowest BCUT2D eigenvalue weighted by atomic mass is 9.74. The summed E-state index contributed by atoms with van der Waals surface area (Å²) >= 11 is 0. The van der Waals surface area contributed by atoms with Crippen LogP contribution in [0.3, 0.4) is 0 Å². The topological polar surface area (TPSA) is 55.8 Å². The molecular weight excluding hydrogens is 635 g/mol. The van der Waals surface area contributed by atoms with Crippen LogP contribution in [0.4, 0.5) is 0 Å². The molecule has 0 amide bonds. The van der Waals surface area contributed by atoms with Crippen molar-refractivity contribution in [3.63, 3.8) is 0 Å². The first-order valence-electron chi connectivity index (χ1n) is 17.4. The molecule has 0 fully saturated rings. The Morgan fingerprint density at radius 2 is 0.920 bits per heavy atom. The van der Waals surface area contributed by atoms with Gasteiger partial charge in [-0.2, -0.15) is 0 Å². The number of phosphoric ester groups is 1. The van der Waals surface area contributed by atoms with Gasteiger partial charge in [-0.3, -0.25) is 4.89 Å². The van der Waals surface area contributed by atoms with E-state index in [0.29, 0.717) is 11.5 Å². The van der Waals surface area contributed by atoms with Gasteiger partial charge in [-0.05, 0) is 91.0 Å². The summed E-state index contributed by atoms with van der Waals surface area (Å²) in [6.07, 6.45) is 3.52. The highest BCUT2D eigenvalue weighted by Gasteiger charge is 2.52. The molecule has 1 heterocycles. The predicted octanol–water partition coefficient (Wildman–Crippen LogP) is 11.7. The van der Waals surface area contributed by atoms with E-state index in [1.807, 2.05) is 0 Å². The Hall–Kier alpha value is -5.41.